The second-order valence-corrected chi connectivity index (χ2v) is 5.74. The maximum atomic E-state index is 11.6. The monoisotopic (exact) mass is 254 g/mol. The van der Waals surface area contributed by atoms with Crippen LogP contribution in [0.2, 0.25) is 0 Å². The maximum Gasteiger partial charge on any atom is 0.246 e. The Balaban J connectivity index is 2.29. The molecule has 0 radical (unpaired) electrons. The fourth-order valence-electron chi connectivity index (χ4n) is 1.76. The van der Waals surface area contributed by atoms with E-state index in [0.717, 1.165) is 6.42 Å². The standard InChI is InChI=1S/C12H22N4O2/c1-8-15-11(18-16-8)7-14-10(17)5-9(13)6-12(2,3)4/h9H,5-7,13H2,1-4H3,(H,14,17). The highest BCUT2D eigenvalue weighted by molar-refractivity contribution is 5.76. The molecule has 0 aromatic carbocycles. The number of hydrogen-bond donors (Lipinski definition) is 2. The zero-order chi connectivity index (χ0) is 13.8. The number of nitrogens with zero attached hydrogens (tertiary/aromatic N) is 2. The van der Waals surface area contributed by atoms with Crippen molar-refractivity contribution in [2.24, 2.45) is 11.1 Å². The van der Waals surface area contributed by atoms with Crippen molar-refractivity contribution < 1.29 is 9.32 Å². The number of aromatic nitrogens is 2. The Kier molecular flexibility index (Phi) is 4.84. The van der Waals surface area contributed by atoms with Crippen LogP contribution in [0.15, 0.2) is 4.52 Å². The second kappa shape index (κ2) is 5.95. The number of amides is 1. The van der Waals surface area contributed by atoms with Crippen LogP contribution < -0.4 is 11.1 Å². The maximum absolute atomic E-state index is 11.6. The molecule has 6 heteroatoms. The lowest BCUT2D eigenvalue weighted by atomic mass is 9.87. The summed E-state index contributed by atoms with van der Waals surface area (Å²) in [6.45, 7) is 8.29. The van der Waals surface area contributed by atoms with Crippen molar-refractivity contribution in [2.75, 3.05) is 0 Å². The molecule has 0 aliphatic carbocycles. The number of rotatable bonds is 5. The molecule has 0 saturated carbocycles. The molecule has 1 amide bonds. The molecule has 1 unspecified atom stereocenters. The molecule has 6 nitrogen and oxygen atoms in total. The molecule has 3 N–H and O–H groups in total. The van der Waals surface area contributed by atoms with Crippen LogP contribution in [0.25, 0.3) is 0 Å². The number of nitrogens with two attached hydrogens (primary N) is 1. The smallest absolute Gasteiger partial charge is 0.246 e. The summed E-state index contributed by atoms with van der Waals surface area (Å²) in [7, 11) is 0. The normalized spacial score (nSPS) is 13.4. The number of aryl methyl sites for hydroxylation is 1. The van der Waals surface area contributed by atoms with Crippen molar-refractivity contribution in [3.8, 4) is 0 Å². The molecule has 0 fully saturated rings. The van der Waals surface area contributed by atoms with Gasteiger partial charge in [-0.05, 0) is 18.8 Å². The summed E-state index contributed by atoms with van der Waals surface area (Å²) < 4.78 is 4.89. The lowest BCUT2D eigenvalue weighted by Crippen LogP contribution is -2.34. The van der Waals surface area contributed by atoms with Crippen LogP contribution >= 0.6 is 0 Å². The number of nitrogens with one attached hydrogen (secondary N) is 1. The van der Waals surface area contributed by atoms with Gasteiger partial charge < -0.3 is 15.6 Å². The Morgan fingerprint density at radius 3 is 2.67 bits per heavy atom. The zero-order valence-corrected chi connectivity index (χ0v) is 11.5. The summed E-state index contributed by atoms with van der Waals surface area (Å²) in [4.78, 5) is 15.6. The lowest BCUT2D eigenvalue weighted by molar-refractivity contribution is -0.121. The Morgan fingerprint density at radius 1 is 1.50 bits per heavy atom. The van der Waals surface area contributed by atoms with Gasteiger partial charge in [-0.15, -0.1) is 0 Å². The minimum absolute atomic E-state index is 0.0948. The molecule has 1 atom stereocenters. The van der Waals surface area contributed by atoms with Gasteiger partial charge in [0.25, 0.3) is 0 Å². The van der Waals surface area contributed by atoms with Crippen molar-refractivity contribution in [1.29, 1.82) is 0 Å². The average molecular weight is 254 g/mol. The number of carbonyl (C=O) groups is 1. The first-order valence-corrected chi connectivity index (χ1v) is 6.08. The van der Waals surface area contributed by atoms with E-state index >= 15 is 0 Å². The number of hydrogen-bond acceptors (Lipinski definition) is 5. The van der Waals surface area contributed by atoms with E-state index in [-0.39, 0.29) is 23.9 Å². The predicted octanol–water partition coefficient (Wildman–Crippen LogP) is 1.15. The van der Waals surface area contributed by atoms with E-state index in [2.05, 4.69) is 36.2 Å². The van der Waals surface area contributed by atoms with Gasteiger partial charge in [0.1, 0.15) is 0 Å². The summed E-state index contributed by atoms with van der Waals surface area (Å²) >= 11 is 0. The Labute approximate surface area is 107 Å². The Morgan fingerprint density at radius 2 is 2.17 bits per heavy atom. The molecular formula is C12H22N4O2. The lowest BCUT2D eigenvalue weighted by Gasteiger charge is -2.22. The van der Waals surface area contributed by atoms with Gasteiger partial charge in [-0.25, -0.2) is 0 Å². The SMILES string of the molecule is Cc1noc(CNC(=O)CC(N)CC(C)(C)C)n1. The molecule has 0 spiro atoms. The molecule has 1 heterocycles. The van der Waals surface area contributed by atoms with Crippen molar-refractivity contribution in [1.82, 2.24) is 15.5 Å². The molecule has 1 rings (SSSR count). The van der Waals surface area contributed by atoms with Gasteiger partial charge in [-0.1, -0.05) is 25.9 Å². The molecule has 0 bridgehead atoms. The van der Waals surface area contributed by atoms with Crippen molar-refractivity contribution in [2.45, 2.75) is 53.1 Å². The second-order valence-electron chi connectivity index (χ2n) is 5.74. The van der Waals surface area contributed by atoms with Gasteiger partial charge in [-0.3, -0.25) is 4.79 Å². The Bertz CT molecular complexity index is 395. The number of carbonyl (C=O) groups excluding carboxylic acids is 1. The minimum Gasteiger partial charge on any atom is -0.347 e. The zero-order valence-electron chi connectivity index (χ0n) is 11.5. The summed E-state index contributed by atoms with van der Waals surface area (Å²) in [5.41, 5.74) is 6.05. The van der Waals surface area contributed by atoms with Crippen LogP contribution in [0, 0.1) is 12.3 Å². The van der Waals surface area contributed by atoms with Gasteiger partial charge in [0.15, 0.2) is 5.82 Å². The molecule has 102 valence electrons. The van der Waals surface area contributed by atoms with Gasteiger partial charge in [0.05, 0.1) is 6.54 Å². The first-order chi connectivity index (χ1) is 8.26. The van der Waals surface area contributed by atoms with E-state index in [1.54, 1.807) is 6.92 Å². The first-order valence-electron chi connectivity index (χ1n) is 6.08. The highest BCUT2D eigenvalue weighted by atomic mass is 16.5. The predicted molar refractivity (Wildman–Crippen MR) is 67.5 cm³/mol. The van der Waals surface area contributed by atoms with E-state index in [1.807, 2.05) is 0 Å². The fourth-order valence-corrected chi connectivity index (χ4v) is 1.76. The van der Waals surface area contributed by atoms with Crippen LogP contribution in [0.1, 0.15) is 45.3 Å². The van der Waals surface area contributed by atoms with Gasteiger partial charge in [-0.2, -0.15) is 4.98 Å². The van der Waals surface area contributed by atoms with Gasteiger partial charge in [0, 0.05) is 12.5 Å². The van der Waals surface area contributed by atoms with Crippen molar-refractivity contribution >= 4 is 5.91 Å². The highest BCUT2D eigenvalue weighted by Crippen LogP contribution is 2.20. The summed E-state index contributed by atoms with van der Waals surface area (Å²) in [5.74, 6) is 0.872. The quantitative estimate of drug-likeness (QED) is 0.822. The first kappa shape index (κ1) is 14.6. The van der Waals surface area contributed by atoms with Crippen LogP contribution in [0.3, 0.4) is 0 Å². The average Bonchev–Trinajstić information content (AvgIpc) is 2.58. The third-order valence-corrected chi connectivity index (χ3v) is 2.33. The molecule has 18 heavy (non-hydrogen) atoms. The summed E-state index contributed by atoms with van der Waals surface area (Å²) in [5, 5.41) is 6.36. The van der Waals surface area contributed by atoms with Crippen LogP contribution in [-0.4, -0.2) is 22.1 Å². The minimum atomic E-state index is -0.130. The highest BCUT2D eigenvalue weighted by Gasteiger charge is 2.18. The van der Waals surface area contributed by atoms with Crippen LogP contribution in [-0.2, 0) is 11.3 Å². The van der Waals surface area contributed by atoms with Gasteiger partial charge in [0.2, 0.25) is 11.8 Å². The van der Waals surface area contributed by atoms with E-state index in [9.17, 15) is 4.79 Å². The topological polar surface area (TPSA) is 94.0 Å². The summed E-state index contributed by atoms with van der Waals surface area (Å²) in [6, 6.07) is -0.130. The molecule has 0 saturated heterocycles. The van der Waals surface area contributed by atoms with Crippen molar-refractivity contribution in [3.63, 3.8) is 0 Å². The van der Waals surface area contributed by atoms with Crippen LogP contribution in [0.4, 0.5) is 0 Å². The van der Waals surface area contributed by atoms with E-state index in [1.165, 1.54) is 0 Å². The third-order valence-electron chi connectivity index (χ3n) is 2.33. The molecule has 1 aromatic heterocycles. The summed E-state index contributed by atoms with van der Waals surface area (Å²) in [6.07, 6.45) is 1.12. The molecular weight excluding hydrogens is 232 g/mol. The fraction of sp³-hybridized carbons (Fsp3) is 0.750. The molecule has 1 aromatic rings. The van der Waals surface area contributed by atoms with Crippen molar-refractivity contribution in [3.05, 3.63) is 11.7 Å². The molecule has 0 aliphatic rings. The Hall–Kier alpha value is -1.43. The largest absolute Gasteiger partial charge is 0.347 e. The van der Waals surface area contributed by atoms with E-state index < -0.39 is 0 Å². The van der Waals surface area contributed by atoms with E-state index in [0.29, 0.717) is 18.1 Å². The van der Waals surface area contributed by atoms with E-state index in [4.69, 9.17) is 10.3 Å². The molecule has 0 aliphatic heterocycles. The third kappa shape index (κ3) is 5.77. The van der Waals surface area contributed by atoms with Gasteiger partial charge >= 0.3 is 0 Å². The van der Waals surface area contributed by atoms with Crippen LogP contribution in [0.5, 0.6) is 0 Å².